The zero-order chi connectivity index (χ0) is 52.6. The van der Waals surface area contributed by atoms with Crippen LogP contribution in [0.5, 0.6) is 0 Å². The van der Waals surface area contributed by atoms with Crippen LogP contribution in [-0.4, -0.2) is 26.8 Å². The summed E-state index contributed by atoms with van der Waals surface area (Å²) in [6.07, 6.45) is 15.3. The van der Waals surface area contributed by atoms with Crippen molar-refractivity contribution in [3.8, 4) is 22.5 Å². The van der Waals surface area contributed by atoms with Gasteiger partial charge in [0, 0.05) is 56.8 Å². The molecular formula is C62H76F2IrN2O2-2. The van der Waals surface area contributed by atoms with Gasteiger partial charge in [0.05, 0.1) is 11.2 Å². The van der Waals surface area contributed by atoms with Gasteiger partial charge in [0.1, 0.15) is 0 Å². The number of aryl methyl sites for hydroxylation is 6. The van der Waals surface area contributed by atoms with E-state index in [-0.39, 0.29) is 62.0 Å². The van der Waals surface area contributed by atoms with Gasteiger partial charge < -0.3 is 15.1 Å². The van der Waals surface area contributed by atoms with E-state index in [2.05, 4.69) is 98.3 Å². The minimum atomic E-state index is -2.83. The molecule has 0 amide bonds. The van der Waals surface area contributed by atoms with Gasteiger partial charge in [-0.1, -0.05) is 111 Å². The van der Waals surface area contributed by atoms with Gasteiger partial charge in [0.25, 0.3) is 0 Å². The molecule has 4 nitrogen and oxygen atoms in total. The quantitative estimate of drug-likeness (QED) is 0.0753. The van der Waals surface area contributed by atoms with Gasteiger partial charge in [0.2, 0.25) is 5.92 Å². The summed E-state index contributed by atoms with van der Waals surface area (Å²) < 4.78 is 59.3. The summed E-state index contributed by atoms with van der Waals surface area (Å²) in [6, 6.07) is 24.3. The average Bonchev–Trinajstić information content (AvgIpc) is 3.33. The molecule has 1 atom stereocenters. The second kappa shape index (κ2) is 25.5. The second-order valence-electron chi connectivity index (χ2n) is 19.9. The molecule has 2 aromatic heterocycles. The van der Waals surface area contributed by atoms with Crippen LogP contribution in [0.2, 0.25) is 0 Å². The number of carbonyl (C=O) groups is 1. The summed E-state index contributed by atoms with van der Waals surface area (Å²) in [4.78, 5) is 20.7. The van der Waals surface area contributed by atoms with Gasteiger partial charge in [0.15, 0.2) is 5.78 Å². The standard InChI is InChI=1S/2C24H26N.C14H24F2O2.Ir/c2*1-16-11-17(2)13-21(12-16)24-23-14-18(3)22(15-20(23)9-10-25-24)19-7-5-4-6-8-19;1-5-10(6-2)12(17)8-13(18)11(7-3)9-14(4,15)16;/h2*9-12,14-15,19H,4-8H2,1-3H3;8,10-11,18H,5-7,9H2,1-4H3;/q2*-1;;/b;;13-8-;/i2*9D,10D;;. The molecule has 2 fully saturated rings. The Bertz CT molecular complexity index is 2710. The Balaban J connectivity index is 0.000000207. The van der Waals surface area contributed by atoms with Gasteiger partial charge in [-0.3, -0.25) is 4.79 Å². The predicted octanol–water partition coefficient (Wildman–Crippen LogP) is 17.9. The number of aliphatic hydroxyl groups excluding tert-OH is 1. The molecule has 8 rings (SSSR count). The second-order valence-corrected chi connectivity index (χ2v) is 19.9. The number of nitrogens with zero attached hydrogens (tertiary/aromatic N) is 2. The third kappa shape index (κ3) is 15.0. The van der Waals surface area contributed by atoms with Crippen molar-refractivity contribution in [3.63, 3.8) is 0 Å². The average molecular weight is 1120 g/mol. The molecule has 4 aromatic carbocycles. The van der Waals surface area contributed by atoms with E-state index < -0.39 is 18.3 Å². The maximum absolute atomic E-state index is 12.9. The van der Waals surface area contributed by atoms with Crippen LogP contribution in [-0.2, 0) is 24.9 Å². The molecule has 6 aromatic rings. The molecule has 2 aliphatic carbocycles. The third-order valence-electron chi connectivity index (χ3n) is 14.1. The molecule has 0 aliphatic heterocycles. The number of pyridine rings is 2. The van der Waals surface area contributed by atoms with Crippen LogP contribution in [0.4, 0.5) is 8.78 Å². The van der Waals surface area contributed by atoms with Crippen LogP contribution < -0.4 is 0 Å². The summed E-state index contributed by atoms with van der Waals surface area (Å²) in [7, 11) is 0. The number of alkyl halides is 2. The fourth-order valence-corrected chi connectivity index (χ4v) is 10.6. The molecule has 2 saturated carbocycles. The first-order chi connectivity index (χ1) is 34.1. The smallest absolute Gasteiger partial charge is 0.246 e. The first-order valence-corrected chi connectivity index (χ1v) is 25.3. The normalized spacial score (nSPS) is 16.0. The molecule has 0 bridgehead atoms. The van der Waals surface area contributed by atoms with E-state index >= 15 is 0 Å². The molecule has 1 radical (unpaired) electrons. The van der Waals surface area contributed by atoms with Gasteiger partial charge in [-0.2, -0.15) is 0 Å². The van der Waals surface area contributed by atoms with E-state index in [1.54, 1.807) is 6.92 Å². The van der Waals surface area contributed by atoms with Crippen LogP contribution in [0.15, 0.2) is 84.8 Å². The number of fused-ring (bicyclic) bond motifs is 2. The number of halogens is 2. The molecule has 2 heterocycles. The van der Waals surface area contributed by atoms with Crippen molar-refractivity contribution >= 4 is 27.3 Å². The number of benzene rings is 4. The first-order valence-electron chi connectivity index (χ1n) is 27.3. The zero-order valence-electron chi connectivity index (χ0n) is 46.7. The van der Waals surface area contributed by atoms with Crippen molar-refractivity contribution in [2.24, 2.45) is 11.8 Å². The SMILES string of the molecule is CCC(CC)C(=O)/C=C(\O)C(CC)CC(C)(F)F.[2H]c1nc(-c2[c-]c(C)cc(C)c2)c2cc(C)c(C3CCCCC3)cc2c1[2H].[2H]c1nc(-c2[c-]c(C)cc(C)c2)c2cc(C)c(C3CCCCC3)cc2c1[2H].[Ir]. The molecule has 0 spiro atoms. The molecule has 69 heavy (non-hydrogen) atoms. The number of carbonyl (C=O) groups excluding carboxylic acids is 1. The first kappa shape index (κ1) is 49.4. The fraction of sp³-hybridized carbons (Fsp3) is 0.468. The van der Waals surface area contributed by atoms with Crippen LogP contribution in [0.1, 0.15) is 179 Å². The van der Waals surface area contributed by atoms with E-state index in [1.165, 1.54) is 86.5 Å². The number of hydrogen-bond donors (Lipinski definition) is 1. The molecular weight excluding hydrogens is 1030 g/mol. The van der Waals surface area contributed by atoms with E-state index in [9.17, 15) is 18.7 Å². The summed E-state index contributed by atoms with van der Waals surface area (Å²) in [5, 5.41) is 13.4. The Kier molecular flexibility index (Phi) is 18.3. The number of allylic oxidation sites excluding steroid dienone is 2. The predicted molar refractivity (Wildman–Crippen MR) is 281 cm³/mol. The maximum Gasteiger partial charge on any atom is 0.246 e. The summed E-state index contributed by atoms with van der Waals surface area (Å²) in [6.45, 7) is 18.9. The van der Waals surface area contributed by atoms with E-state index in [4.69, 9.17) is 5.48 Å². The van der Waals surface area contributed by atoms with Crippen molar-refractivity contribution in [1.82, 2.24) is 9.97 Å². The molecule has 7 heteroatoms. The van der Waals surface area contributed by atoms with Crippen molar-refractivity contribution in [3.05, 3.63) is 141 Å². The van der Waals surface area contributed by atoms with E-state index in [0.29, 0.717) is 31.1 Å². The molecule has 2 aliphatic rings. The number of aromatic nitrogens is 2. The van der Waals surface area contributed by atoms with E-state index in [1.807, 2.05) is 27.7 Å². The number of rotatable bonds is 12. The fourth-order valence-electron chi connectivity index (χ4n) is 10.6. The molecule has 1 N–H and O–H groups in total. The van der Waals surface area contributed by atoms with Gasteiger partial charge in [-0.25, -0.2) is 8.78 Å². The summed E-state index contributed by atoms with van der Waals surface area (Å²) in [5.74, 6) is -2.83. The Morgan fingerprint density at radius 1 is 0.681 bits per heavy atom. The van der Waals surface area contributed by atoms with Crippen LogP contribution in [0, 0.1) is 65.5 Å². The minimum absolute atomic E-state index is 0. The van der Waals surface area contributed by atoms with Crippen molar-refractivity contribution in [2.45, 2.75) is 177 Å². The largest absolute Gasteiger partial charge is 0.512 e. The van der Waals surface area contributed by atoms with Gasteiger partial charge in [-0.15, -0.1) is 69.8 Å². The van der Waals surface area contributed by atoms with Crippen molar-refractivity contribution in [2.75, 3.05) is 0 Å². The molecule has 1 unspecified atom stereocenters. The summed E-state index contributed by atoms with van der Waals surface area (Å²) >= 11 is 0. The number of aliphatic hydroxyl groups is 1. The summed E-state index contributed by atoms with van der Waals surface area (Å²) in [5.41, 5.74) is 13.1. The maximum atomic E-state index is 12.9. The zero-order valence-corrected chi connectivity index (χ0v) is 45.1. The van der Waals surface area contributed by atoms with Crippen molar-refractivity contribution < 1.29 is 44.3 Å². The van der Waals surface area contributed by atoms with E-state index in [0.717, 1.165) is 79.3 Å². The monoisotopic (exact) mass is 1120 g/mol. The molecule has 0 saturated heterocycles. The topological polar surface area (TPSA) is 63.1 Å². The Morgan fingerprint density at radius 2 is 1.09 bits per heavy atom. The Labute approximate surface area is 432 Å². The third-order valence-corrected chi connectivity index (χ3v) is 14.1. The number of hydrogen-bond acceptors (Lipinski definition) is 4. The van der Waals surface area contributed by atoms with Gasteiger partial charge in [-0.05, 0) is 145 Å². The Hall–Kier alpha value is -4.58. The van der Waals surface area contributed by atoms with Crippen molar-refractivity contribution in [1.29, 1.82) is 0 Å². The molecule has 371 valence electrons. The Morgan fingerprint density at radius 3 is 1.45 bits per heavy atom. The number of ketones is 1. The van der Waals surface area contributed by atoms with Gasteiger partial charge >= 0.3 is 0 Å². The van der Waals surface area contributed by atoms with Crippen LogP contribution in [0.3, 0.4) is 0 Å². The van der Waals surface area contributed by atoms with Crippen LogP contribution >= 0.6 is 0 Å². The minimum Gasteiger partial charge on any atom is -0.512 e. The van der Waals surface area contributed by atoms with Crippen LogP contribution in [0.25, 0.3) is 44.1 Å².